The Morgan fingerprint density at radius 3 is 2.47 bits per heavy atom. The second-order valence-corrected chi connectivity index (χ2v) is 3.24. The van der Waals surface area contributed by atoms with Gasteiger partial charge in [0, 0.05) is 11.9 Å². The fourth-order valence-electron chi connectivity index (χ4n) is 1.50. The number of H-pyrrole nitrogens is 1. The highest BCUT2D eigenvalue weighted by Gasteiger charge is 2.13. The minimum atomic E-state index is -0.361. The lowest BCUT2D eigenvalue weighted by Crippen LogP contribution is -1.98. The molecule has 74 valence electrons. The van der Waals surface area contributed by atoms with Gasteiger partial charge in [-0.2, -0.15) is 5.26 Å². The number of nitrogens with one attached hydrogen (secondary N) is 1. The molecule has 1 unspecified atom stereocenters. The number of benzene rings is 1. The van der Waals surface area contributed by atoms with E-state index in [0.717, 1.165) is 11.3 Å². The lowest BCUT2D eigenvalue weighted by molar-refractivity contribution is 0.627. The lowest BCUT2D eigenvalue weighted by atomic mass is 9.97. The maximum Gasteiger partial charge on any atom is 0.123 e. The van der Waals surface area contributed by atoms with Gasteiger partial charge in [-0.3, -0.25) is 0 Å². The molecule has 0 amide bonds. The maximum absolute atomic E-state index is 12.7. The van der Waals surface area contributed by atoms with Crippen molar-refractivity contribution in [1.82, 2.24) is 4.98 Å². The number of hydrogen-bond acceptors (Lipinski definition) is 1. The predicted molar refractivity (Wildman–Crippen MR) is 54.6 cm³/mol. The quantitative estimate of drug-likeness (QED) is 0.795. The Labute approximate surface area is 87.0 Å². The first-order chi connectivity index (χ1) is 7.31. The van der Waals surface area contributed by atoms with Crippen molar-refractivity contribution in [3.8, 4) is 6.07 Å². The predicted octanol–water partition coefficient (Wildman–Crippen LogP) is 2.81. The van der Waals surface area contributed by atoms with Gasteiger partial charge in [0.15, 0.2) is 0 Å². The minimum Gasteiger partial charge on any atom is -0.364 e. The largest absolute Gasteiger partial charge is 0.364 e. The highest BCUT2D eigenvalue weighted by atomic mass is 19.1. The Morgan fingerprint density at radius 2 is 1.93 bits per heavy atom. The molecule has 0 saturated carbocycles. The van der Waals surface area contributed by atoms with Gasteiger partial charge in [0.2, 0.25) is 0 Å². The number of nitrogens with zero attached hydrogens (tertiary/aromatic N) is 1. The van der Waals surface area contributed by atoms with Crippen LogP contribution >= 0.6 is 0 Å². The molecule has 0 aliphatic rings. The average Bonchev–Trinajstić information content (AvgIpc) is 2.75. The number of hydrogen-bond donors (Lipinski definition) is 1. The third-order valence-electron chi connectivity index (χ3n) is 2.27. The van der Waals surface area contributed by atoms with Gasteiger partial charge in [0.1, 0.15) is 11.7 Å². The molecule has 1 atom stereocenters. The average molecular weight is 200 g/mol. The molecule has 2 rings (SSSR count). The first-order valence-corrected chi connectivity index (χ1v) is 4.59. The van der Waals surface area contributed by atoms with Crippen molar-refractivity contribution in [2.24, 2.45) is 0 Å². The van der Waals surface area contributed by atoms with Crippen molar-refractivity contribution < 1.29 is 4.39 Å². The van der Waals surface area contributed by atoms with Crippen molar-refractivity contribution in [1.29, 1.82) is 5.26 Å². The van der Waals surface area contributed by atoms with E-state index in [0.29, 0.717) is 0 Å². The van der Waals surface area contributed by atoms with E-state index in [4.69, 9.17) is 5.26 Å². The smallest absolute Gasteiger partial charge is 0.123 e. The van der Waals surface area contributed by atoms with Crippen LogP contribution in [0.2, 0.25) is 0 Å². The van der Waals surface area contributed by atoms with Gasteiger partial charge in [-0.25, -0.2) is 4.39 Å². The maximum atomic E-state index is 12.7. The second kappa shape index (κ2) is 3.97. The monoisotopic (exact) mass is 200 g/mol. The molecule has 0 spiro atoms. The van der Waals surface area contributed by atoms with Crippen molar-refractivity contribution >= 4 is 0 Å². The Hall–Kier alpha value is -2.08. The molecular formula is C12H9FN2. The van der Waals surface area contributed by atoms with Gasteiger partial charge >= 0.3 is 0 Å². The van der Waals surface area contributed by atoms with E-state index in [2.05, 4.69) is 11.1 Å². The molecule has 2 nitrogen and oxygen atoms in total. The van der Waals surface area contributed by atoms with E-state index in [1.165, 1.54) is 12.1 Å². The summed E-state index contributed by atoms with van der Waals surface area (Å²) >= 11 is 0. The summed E-state index contributed by atoms with van der Waals surface area (Å²) in [4.78, 5) is 2.99. The Morgan fingerprint density at radius 1 is 1.20 bits per heavy atom. The summed E-state index contributed by atoms with van der Waals surface area (Å²) in [7, 11) is 0. The first kappa shape index (κ1) is 9.47. The van der Waals surface area contributed by atoms with E-state index < -0.39 is 0 Å². The van der Waals surface area contributed by atoms with Crippen LogP contribution in [0.5, 0.6) is 0 Å². The Balaban J connectivity index is 2.37. The van der Waals surface area contributed by atoms with Crippen LogP contribution in [-0.2, 0) is 0 Å². The molecule has 0 aliphatic carbocycles. The van der Waals surface area contributed by atoms with Crippen LogP contribution in [0.1, 0.15) is 17.2 Å². The highest BCUT2D eigenvalue weighted by Crippen LogP contribution is 2.22. The molecule has 1 heterocycles. The van der Waals surface area contributed by atoms with Gasteiger partial charge < -0.3 is 4.98 Å². The van der Waals surface area contributed by atoms with Gasteiger partial charge in [-0.15, -0.1) is 0 Å². The molecule has 0 aliphatic heterocycles. The van der Waals surface area contributed by atoms with Crippen LogP contribution in [0.15, 0.2) is 42.6 Å². The highest BCUT2D eigenvalue weighted by molar-refractivity contribution is 5.34. The Kier molecular flexibility index (Phi) is 2.51. The standard InChI is InChI=1S/C12H9FN2/c13-10-5-3-9(4-6-10)11(8-14)12-2-1-7-15-12/h1-7,11,15H. The molecule has 2 aromatic rings. The molecule has 15 heavy (non-hydrogen) atoms. The molecule has 3 heteroatoms. The molecule has 1 aromatic heterocycles. The summed E-state index contributed by atoms with van der Waals surface area (Å²) in [6, 6.07) is 11.9. The van der Waals surface area contributed by atoms with Gasteiger partial charge in [0.25, 0.3) is 0 Å². The van der Waals surface area contributed by atoms with Gasteiger partial charge in [-0.05, 0) is 29.8 Å². The molecular weight excluding hydrogens is 191 g/mol. The molecule has 1 aromatic carbocycles. The van der Waals surface area contributed by atoms with Crippen LogP contribution in [0, 0.1) is 17.1 Å². The van der Waals surface area contributed by atoms with Crippen LogP contribution in [0.4, 0.5) is 4.39 Å². The van der Waals surface area contributed by atoms with Crippen molar-refractivity contribution in [3.05, 3.63) is 59.7 Å². The topological polar surface area (TPSA) is 39.6 Å². The zero-order chi connectivity index (χ0) is 10.7. The minimum absolute atomic E-state index is 0.290. The van der Waals surface area contributed by atoms with E-state index in [9.17, 15) is 4.39 Å². The molecule has 0 fully saturated rings. The number of aromatic amines is 1. The van der Waals surface area contributed by atoms with Crippen LogP contribution in [-0.4, -0.2) is 4.98 Å². The molecule has 0 bridgehead atoms. The van der Waals surface area contributed by atoms with Crippen LogP contribution in [0.3, 0.4) is 0 Å². The summed E-state index contributed by atoms with van der Waals surface area (Å²) in [5.74, 6) is -0.650. The van der Waals surface area contributed by atoms with E-state index >= 15 is 0 Å². The number of nitriles is 1. The fourth-order valence-corrected chi connectivity index (χ4v) is 1.50. The van der Waals surface area contributed by atoms with Crippen molar-refractivity contribution in [2.75, 3.05) is 0 Å². The summed E-state index contributed by atoms with van der Waals surface area (Å²) < 4.78 is 12.7. The van der Waals surface area contributed by atoms with Gasteiger partial charge in [-0.1, -0.05) is 12.1 Å². The lowest BCUT2D eigenvalue weighted by Gasteiger charge is -2.06. The zero-order valence-electron chi connectivity index (χ0n) is 7.94. The van der Waals surface area contributed by atoms with E-state index in [1.807, 2.05) is 12.1 Å². The number of aromatic nitrogens is 1. The third-order valence-corrected chi connectivity index (χ3v) is 2.27. The zero-order valence-corrected chi connectivity index (χ0v) is 7.94. The normalized spacial score (nSPS) is 12.0. The van der Waals surface area contributed by atoms with Crippen molar-refractivity contribution in [3.63, 3.8) is 0 Å². The van der Waals surface area contributed by atoms with E-state index in [1.54, 1.807) is 18.3 Å². The van der Waals surface area contributed by atoms with Crippen LogP contribution < -0.4 is 0 Å². The second-order valence-electron chi connectivity index (χ2n) is 3.24. The molecule has 0 saturated heterocycles. The summed E-state index contributed by atoms with van der Waals surface area (Å²) in [6.45, 7) is 0. The SMILES string of the molecule is N#CC(c1ccc(F)cc1)c1ccc[nH]1. The van der Waals surface area contributed by atoms with Gasteiger partial charge in [0.05, 0.1) is 6.07 Å². The summed E-state index contributed by atoms with van der Waals surface area (Å²) in [6.07, 6.45) is 1.77. The van der Waals surface area contributed by atoms with Crippen LogP contribution in [0.25, 0.3) is 0 Å². The first-order valence-electron chi connectivity index (χ1n) is 4.59. The number of rotatable bonds is 2. The fraction of sp³-hybridized carbons (Fsp3) is 0.0833. The summed E-state index contributed by atoms with van der Waals surface area (Å²) in [5, 5.41) is 9.06. The van der Waals surface area contributed by atoms with Crippen molar-refractivity contribution in [2.45, 2.75) is 5.92 Å². The Bertz CT molecular complexity index is 465. The molecule has 1 N–H and O–H groups in total. The third kappa shape index (κ3) is 1.89. The summed E-state index contributed by atoms with van der Waals surface area (Å²) in [5.41, 5.74) is 1.62. The van der Waals surface area contributed by atoms with E-state index in [-0.39, 0.29) is 11.7 Å². The molecule has 0 radical (unpaired) electrons. The number of halogens is 1.